The minimum Gasteiger partial charge on any atom is -0.479 e. The second-order valence-corrected chi connectivity index (χ2v) is 8.06. The second-order valence-electron chi connectivity index (χ2n) is 8.06. The van der Waals surface area contributed by atoms with Crippen LogP contribution in [0.25, 0.3) is 0 Å². The van der Waals surface area contributed by atoms with Crippen LogP contribution in [0.5, 0.6) is 0 Å². The number of hydrogen-bond donors (Lipinski definition) is 2. The first kappa shape index (κ1) is 19.1. The first-order valence-electron chi connectivity index (χ1n) is 9.91. The average Bonchev–Trinajstić information content (AvgIpc) is 3.16. The molecule has 0 radical (unpaired) electrons. The van der Waals surface area contributed by atoms with Crippen LogP contribution in [0.1, 0.15) is 58.3 Å². The third kappa shape index (κ3) is 4.55. The van der Waals surface area contributed by atoms with Gasteiger partial charge in [0.1, 0.15) is 0 Å². The molecule has 1 aliphatic heterocycles. The van der Waals surface area contributed by atoms with E-state index in [2.05, 4.69) is 5.32 Å². The fourth-order valence-corrected chi connectivity index (χ4v) is 4.52. The number of nitrogens with one attached hydrogen (secondary N) is 1. The number of carbonyl (C=O) groups is 3. The summed E-state index contributed by atoms with van der Waals surface area (Å²) >= 11 is 0. The van der Waals surface area contributed by atoms with Crippen molar-refractivity contribution in [1.82, 2.24) is 10.2 Å². The summed E-state index contributed by atoms with van der Waals surface area (Å²) in [6.07, 6.45) is 6.22. The number of hydrogen-bond acceptors (Lipinski definition) is 4. The van der Waals surface area contributed by atoms with Crippen LogP contribution in [0.15, 0.2) is 0 Å². The fraction of sp³-hybridized carbons (Fsp3) is 0.842. The van der Waals surface area contributed by atoms with Crippen LogP contribution in [0.2, 0.25) is 0 Å². The summed E-state index contributed by atoms with van der Waals surface area (Å²) in [6.45, 7) is 2.36. The molecule has 3 aliphatic rings. The van der Waals surface area contributed by atoms with Crippen LogP contribution in [0.3, 0.4) is 0 Å². The molecule has 3 rings (SSSR count). The number of carboxylic acid groups (broad SMARTS) is 1. The van der Waals surface area contributed by atoms with Crippen molar-refractivity contribution >= 4 is 17.8 Å². The van der Waals surface area contributed by atoms with E-state index in [1.54, 1.807) is 11.8 Å². The second kappa shape index (κ2) is 8.37. The number of amides is 2. The Bertz CT molecular complexity index is 538. The van der Waals surface area contributed by atoms with Crippen LogP contribution in [0.4, 0.5) is 0 Å². The lowest BCUT2D eigenvalue weighted by atomic mass is 9.84. The minimum absolute atomic E-state index is 0.0342. The molecule has 2 saturated carbocycles. The lowest BCUT2D eigenvalue weighted by molar-refractivity contribution is -0.168. The van der Waals surface area contributed by atoms with Crippen molar-refractivity contribution in [2.75, 3.05) is 13.1 Å². The normalized spacial score (nSPS) is 33.0. The first-order chi connectivity index (χ1) is 12.4. The van der Waals surface area contributed by atoms with Crippen molar-refractivity contribution in [3.8, 4) is 0 Å². The van der Waals surface area contributed by atoms with Gasteiger partial charge in [0.15, 0.2) is 6.10 Å². The number of rotatable bonds is 4. The highest BCUT2D eigenvalue weighted by atomic mass is 16.5. The molecule has 0 aromatic heterocycles. The van der Waals surface area contributed by atoms with E-state index in [0.29, 0.717) is 6.54 Å². The molecule has 0 bridgehead atoms. The summed E-state index contributed by atoms with van der Waals surface area (Å²) in [7, 11) is 0. The zero-order valence-corrected chi connectivity index (χ0v) is 15.5. The van der Waals surface area contributed by atoms with Gasteiger partial charge in [-0.2, -0.15) is 0 Å². The molecular weight excluding hydrogens is 336 g/mol. The molecule has 0 aromatic rings. The third-order valence-electron chi connectivity index (χ3n) is 6.00. The average molecular weight is 366 g/mol. The Morgan fingerprint density at radius 3 is 2.23 bits per heavy atom. The molecule has 3 fully saturated rings. The van der Waals surface area contributed by atoms with E-state index in [4.69, 9.17) is 4.74 Å². The highest BCUT2D eigenvalue weighted by molar-refractivity contribution is 5.81. The van der Waals surface area contributed by atoms with E-state index >= 15 is 0 Å². The zero-order valence-electron chi connectivity index (χ0n) is 15.5. The van der Waals surface area contributed by atoms with Gasteiger partial charge in [0.2, 0.25) is 11.8 Å². The molecule has 1 saturated heterocycles. The van der Waals surface area contributed by atoms with Gasteiger partial charge in [0.05, 0.1) is 12.6 Å². The van der Waals surface area contributed by atoms with Crippen LogP contribution < -0.4 is 5.32 Å². The number of aliphatic carboxylic acids is 1. The van der Waals surface area contributed by atoms with Crippen molar-refractivity contribution in [3.05, 3.63) is 0 Å². The van der Waals surface area contributed by atoms with Crippen molar-refractivity contribution in [1.29, 1.82) is 0 Å². The summed E-state index contributed by atoms with van der Waals surface area (Å²) in [5.41, 5.74) is 0. The van der Waals surface area contributed by atoms with Gasteiger partial charge in [-0.1, -0.05) is 12.8 Å². The first-order valence-corrected chi connectivity index (χ1v) is 9.91. The monoisotopic (exact) mass is 366 g/mol. The fourth-order valence-electron chi connectivity index (χ4n) is 4.52. The molecule has 2 amide bonds. The Morgan fingerprint density at radius 1 is 0.962 bits per heavy atom. The van der Waals surface area contributed by atoms with Gasteiger partial charge in [-0.3, -0.25) is 9.59 Å². The van der Waals surface area contributed by atoms with Crippen molar-refractivity contribution in [2.24, 2.45) is 11.8 Å². The SMILES string of the molecule is C[C@@H]1CN(C(=O)C2CCC(NC(=O)C3CCCC3)CC2)CC(C(=O)O)O1. The van der Waals surface area contributed by atoms with E-state index in [9.17, 15) is 19.5 Å². The molecule has 2 aliphatic carbocycles. The number of ether oxygens (including phenoxy) is 1. The predicted octanol–water partition coefficient (Wildman–Crippen LogP) is 1.55. The number of carboxylic acids is 1. The van der Waals surface area contributed by atoms with Crippen LogP contribution in [-0.4, -0.2) is 59.1 Å². The Hall–Kier alpha value is -1.63. The zero-order chi connectivity index (χ0) is 18.7. The summed E-state index contributed by atoms with van der Waals surface area (Å²) < 4.78 is 5.38. The molecule has 7 nitrogen and oxygen atoms in total. The highest BCUT2D eigenvalue weighted by Gasteiger charge is 2.37. The molecule has 0 spiro atoms. The predicted molar refractivity (Wildman–Crippen MR) is 94.4 cm³/mol. The number of carbonyl (C=O) groups excluding carboxylic acids is 2. The quantitative estimate of drug-likeness (QED) is 0.787. The van der Waals surface area contributed by atoms with E-state index in [-0.39, 0.29) is 42.3 Å². The van der Waals surface area contributed by atoms with E-state index in [0.717, 1.165) is 51.4 Å². The van der Waals surface area contributed by atoms with Gasteiger partial charge in [-0.25, -0.2) is 4.79 Å². The Kier molecular flexibility index (Phi) is 6.16. The maximum Gasteiger partial charge on any atom is 0.334 e. The number of morpholine rings is 1. The van der Waals surface area contributed by atoms with Gasteiger partial charge in [0.25, 0.3) is 0 Å². The maximum atomic E-state index is 12.8. The van der Waals surface area contributed by atoms with Gasteiger partial charge in [-0.05, 0) is 45.4 Å². The summed E-state index contributed by atoms with van der Waals surface area (Å²) in [6, 6.07) is 0.169. The number of nitrogens with zero attached hydrogens (tertiary/aromatic N) is 1. The smallest absolute Gasteiger partial charge is 0.334 e. The highest BCUT2D eigenvalue weighted by Crippen LogP contribution is 2.29. The summed E-state index contributed by atoms with van der Waals surface area (Å²) in [4.78, 5) is 37.9. The Balaban J connectivity index is 1.47. The van der Waals surface area contributed by atoms with Gasteiger partial charge in [0, 0.05) is 24.4 Å². The summed E-state index contributed by atoms with van der Waals surface area (Å²) in [5, 5.41) is 12.3. The molecule has 146 valence electrons. The largest absolute Gasteiger partial charge is 0.479 e. The van der Waals surface area contributed by atoms with E-state index < -0.39 is 12.1 Å². The molecule has 2 N–H and O–H groups in total. The molecule has 2 atom stereocenters. The standard InChI is InChI=1S/C19H30N2O5/c1-12-10-21(11-16(26-12)19(24)25)18(23)14-6-8-15(9-7-14)20-17(22)13-4-2-3-5-13/h12-16H,2-11H2,1H3,(H,20,22)(H,24,25)/t12-,14?,15?,16?/m1/s1. The van der Waals surface area contributed by atoms with E-state index in [1.165, 1.54) is 0 Å². The van der Waals surface area contributed by atoms with E-state index in [1.807, 2.05) is 0 Å². The van der Waals surface area contributed by atoms with Gasteiger partial charge in [-0.15, -0.1) is 0 Å². The summed E-state index contributed by atoms with van der Waals surface area (Å²) in [5.74, 6) is -0.699. The molecule has 7 heteroatoms. The van der Waals surface area contributed by atoms with Crippen molar-refractivity contribution in [3.63, 3.8) is 0 Å². The Morgan fingerprint density at radius 2 is 1.62 bits per heavy atom. The molecule has 26 heavy (non-hydrogen) atoms. The third-order valence-corrected chi connectivity index (χ3v) is 6.00. The lowest BCUT2D eigenvalue weighted by Gasteiger charge is -2.38. The molecular formula is C19H30N2O5. The van der Waals surface area contributed by atoms with Crippen LogP contribution in [-0.2, 0) is 19.1 Å². The lowest BCUT2D eigenvalue weighted by Crippen LogP contribution is -2.53. The van der Waals surface area contributed by atoms with Crippen molar-refractivity contribution < 1.29 is 24.2 Å². The van der Waals surface area contributed by atoms with Gasteiger partial charge >= 0.3 is 5.97 Å². The topological polar surface area (TPSA) is 95.9 Å². The van der Waals surface area contributed by atoms with Crippen LogP contribution >= 0.6 is 0 Å². The Labute approximate surface area is 154 Å². The molecule has 1 unspecified atom stereocenters. The van der Waals surface area contributed by atoms with Crippen LogP contribution in [0, 0.1) is 11.8 Å². The molecule has 0 aromatic carbocycles. The minimum atomic E-state index is -1.02. The molecule has 1 heterocycles. The van der Waals surface area contributed by atoms with Gasteiger partial charge < -0.3 is 20.1 Å². The maximum absolute atomic E-state index is 12.8. The van der Waals surface area contributed by atoms with Crippen molar-refractivity contribution in [2.45, 2.75) is 76.5 Å².